The molecule has 0 fully saturated rings. The van der Waals surface area contributed by atoms with Crippen LogP contribution in [0, 0.1) is 11.8 Å². The highest BCUT2D eigenvalue weighted by molar-refractivity contribution is 5.45. The highest BCUT2D eigenvalue weighted by atomic mass is 16.5. The van der Waals surface area contributed by atoms with Crippen LogP contribution in [0.1, 0.15) is 26.3 Å². The van der Waals surface area contributed by atoms with Crippen molar-refractivity contribution in [2.75, 3.05) is 14.2 Å². The van der Waals surface area contributed by atoms with Crippen LogP contribution in [-0.4, -0.2) is 14.2 Å². The fraction of sp³-hybridized carbons (Fsp3) is 0.462. The molecule has 0 N–H and O–H groups in total. The van der Waals surface area contributed by atoms with E-state index in [1.54, 1.807) is 14.2 Å². The van der Waals surface area contributed by atoms with Crippen molar-refractivity contribution in [1.82, 2.24) is 0 Å². The molecule has 0 aromatic heterocycles. The summed E-state index contributed by atoms with van der Waals surface area (Å²) in [6.45, 7) is 6.49. The monoisotopic (exact) mass is 207 g/mol. The number of ether oxygens (including phenoxy) is 2. The van der Waals surface area contributed by atoms with Gasteiger partial charge in [0.1, 0.15) is 11.5 Å². The topological polar surface area (TPSA) is 18.5 Å². The van der Waals surface area contributed by atoms with Crippen molar-refractivity contribution >= 4 is 0 Å². The van der Waals surface area contributed by atoms with Crippen molar-refractivity contribution in [1.29, 1.82) is 0 Å². The van der Waals surface area contributed by atoms with Crippen LogP contribution in [0.3, 0.4) is 0 Å². The van der Waals surface area contributed by atoms with Gasteiger partial charge in [-0.3, -0.25) is 0 Å². The maximum absolute atomic E-state index is 5.32. The smallest absolute Gasteiger partial charge is 0.126 e. The highest BCUT2D eigenvalue weighted by Crippen LogP contribution is 2.31. The van der Waals surface area contributed by atoms with E-state index in [0.29, 0.717) is 0 Å². The average molecular weight is 207 g/mol. The zero-order valence-electron chi connectivity index (χ0n) is 10.1. The number of rotatable bonds is 3. The second-order valence-corrected chi connectivity index (χ2v) is 4.62. The molecule has 2 nitrogen and oxygen atoms in total. The van der Waals surface area contributed by atoms with Crippen LogP contribution in [-0.2, 0) is 0 Å². The van der Waals surface area contributed by atoms with E-state index in [4.69, 9.17) is 9.47 Å². The summed E-state index contributed by atoms with van der Waals surface area (Å²) in [7, 11) is 3.33. The lowest BCUT2D eigenvalue weighted by atomic mass is 9.88. The Hall–Kier alpha value is -1.18. The van der Waals surface area contributed by atoms with Crippen molar-refractivity contribution in [2.24, 2.45) is 5.41 Å². The fourth-order valence-corrected chi connectivity index (χ4v) is 1.40. The molecule has 83 valence electrons. The SMILES string of the molecule is COc1ccc([CH]C(C)(C)C)c(OC)c1. The summed E-state index contributed by atoms with van der Waals surface area (Å²) in [6, 6.07) is 5.86. The summed E-state index contributed by atoms with van der Waals surface area (Å²) >= 11 is 0. The van der Waals surface area contributed by atoms with Gasteiger partial charge in [-0.2, -0.15) is 0 Å². The maximum Gasteiger partial charge on any atom is 0.126 e. The summed E-state index contributed by atoms with van der Waals surface area (Å²) in [5.41, 5.74) is 1.24. The normalized spacial score (nSPS) is 11.3. The van der Waals surface area contributed by atoms with E-state index < -0.39 is 0 Å². The van der Waals surface area contributed by atoms with E-state index in [1.807, 2.05) is 18.2 Å². The van der Waals surface area contributed by atoms with E-state index in [1.165, 1.54) is 0 Å². The highest BCUT2D eigenvalue weighted by Gasteiger charge is 2.15. The summed E-state index contributed by atoms with van der Waals surface area (Å²) < 4.78 is 10.5. The molecule has 0 aliphatic rings. The first kappa shape index (κ1) is 11.9. The molecule has 0 saturated heterocycles. The Labute approximate surface area is 92.2 Å². The predicted molar refractivity (Wildman–Crippen MR) is 62.4 cm³/mol. The molecule has 0 unspecified atom stereocenters. The summed E-state index contributed by atoms with van der Waals surface area (Å²) in [5, 5.41) is 0. The van der Waals surface area contributed by atoms with Crippen LogP contribution in [0.4, 0.5) is 0 Å². The molecule has 1 aromatic carbocycles. The van der Waals surface area contributed by atoms with Gasteiger partial charge in [0, 0.05) is 6.07 Å². The van der Waals surface area contributed by atoms with Crippen LogP contribution in [0.15, 0.2) is 18.2 Å². The number of hydrogen-bond donors (Lipinski definition) is 0. The molecule has 15 heavy (non-hydrogen) atoms. The molecule has 2 heteroatoms. The van der Waals surface area contributed by atoms with Gasteiger partial charge in [-0.25, -0.2) is 0 Å². The van der Waals surface area contributed by atoms with Gasteiger partial charge in [0.2, 0.25) is 0 Å². The van der Waals surface area contributed by atoms with Crippen LogP contribution in [0.2, 0.25) is 0 Å². The Morgan fingerprint density at radius 2 is 1.73 bits per heavy atom. The molecule has 1 rings (SSSR count). The molecule has 0 saturated carbocycles. The number of hydrogen-bond acceptors (Lipinski definition) is 2. The van der Waals surface area contributed by atoms with Crippen molar-refractivity contribution in [3.8, 4) is 11.5 Å². The van der Waals surface area contributed by atoms with Crippen molar-refractivity contribution in [3.05, 3.63) is 30.2 Å². The number of benzene rings is 1. The molecule has 0 heterocycles. The van der Waals surface area contributed by atoms with Crippen LogP contribution in [0.25, 0.3) is 0 Å². The molecule has 1 radical (unpaired) electrons. The van der Waals surface area contributed by atoms with Gasteiger partial charge in [0.15, 0.2) is 0 Å². The lowest BCUT2D eigenvalue weighted by molar-refractivity contribution is 0.389. The Balaban J connectivity index is 2.97. The summed E-state index contributed by atoms with van der Waals surface area (Å²) in [6.07, 6.45) is 2.19. The molecule has 0 atom stereocenters. The Morgan fingerprint density at radius 1 is 1.07 bits per heavy atom. The lowest BCUT2D eigenvalue weighted by Gasteiger charge is -2.19. The molecule has 0 aliphatic heterocycles. The minimum Gasteiger partial charge on any atom is -0.497 e. The number of methoxy groups -OCH3 is 2. The molecule has 0 bridgehead atoms. The minimum atomic E-state index is 0.141. The van der Waals surface area contributed by atoms with Gasteiger partial charge in [-0.05, 0) is 23.5 Å². The Kier molecular flexibility index (Phi) is 3.61. The zero-order valence-corrected chi connectivity index (χ0v) is 10.1. The Bertz CT molecular complexity index is 324. The first-order valence-electron chi connectivity index (χ1n) is 5.04. The lowest BCUT2D eigenvalue weighted by Crippen LogP contribution is -2.07. The van der Waals surface area contributed by atoms with Crippen molar-refractivity contribution in [3.63, 3.8) is 0 Å². The second-order valence-electron chi connectivity index (χ2n) is 4.62. The van der Waals surface area contributed by atoms with Gasteiger partial charge < -0.3 is 9.47 Å². The predicted octanol–water partition coefficient (Wildman–Crippen LogP) is 3.30. The molecular formula is C13H19O2. The van der Waals surface area contributed by atoms with E-state index in [-0.39, 0.29) is 5.41 Å². The summed E-state index contributed by atoms with van der Waals surface area (Å²) in [4.78, 5) is 0. The molecule has 1 aromatic rings. The van der Waals surface area contributed by atoms with Crippen LogP contribution in [0.5, 0.6) is 11.5 Å². The first-order valence-corrected chi connectivity index (χ1v) is 5.04. The Morgan fingerprint density at radius 3 is 2.20 bits per heavy atom. The third-order valence-corrected chi connectivity index (χ3v) is 2.03. The van der Waals surface area contributed by atoms with E-state index in [2.05, 4.69) is 27.2 Å². The standard InChI is InChI=1S/C13H19O2/c1-13(2,3)9-10-6-7-11(14-4)8-12(10)15-5/h6-9H,1-5H3. The van der Waals surface area contributed by atoms with Gasteiger partial charge in [-0.1, -0.05) is 26.8 Å². The first-order chi connectivity index (χ1) is 6.96. The molecule has 0 aliphatic carbocycles. The fourth-order valence-electron chi connectivity index (χ4n) is 1.40. The van der Waals surface area contributed by atoms with Gasteiger partial charge >= 0.3 is 0 Å². The van der Waals surface area contributed by atoms with E-state index >= 15 is 0 Å². The molecular weight excluding hydrogens is 188 g/mol. The van der Waals surface area contributed by atoms with E-state index in [0.717, 1.165) is 17.1 Å². The molecule has 0 amide bonds. The quantitative estimate of drug-likeness (QED) is 0.757. The third-order valence-electron chi connectivity index (χ3n) is 2.03. The third kappa shape index (κ3) is 3.46. The van der Waals surface area contributed by atoms with E-state index in [9.17, 15) is 0 Å². The van der Waals surface area contributed by atoms with Gasteiger partial charge in [-0.15, -0.1) is 0 Å². The van der Waals surface area contributed by atoms with Gasteiger partial charge in [0.05, 0.1) is 14.2 Å². The average Bonchev–Trinajstić information content (AvgIpc) is 2.16. The second kappa shape index (κ2) is 4.56. The minimum absolute atomic E-state index is 0.141. The van der Waals surface area contributed by atoms with Crippen molar-refractivity contribution in [2.45, 2.75) is 20.8 Å². The largest absolute Gasteiger partial charge is 0.497 e. The maximum atomic E-state index is 5.32. The van der Waals surface area contributed by atoms with Crippen molar-refractivity contribution < 1.29 is 9.47 Å². The molecule has 0 spiro atoms. The van der Waals surface area contributed by atoms with Crippen LogP contribution < -0.4 is 9.47 Å². The summed E-state index contributed by atoms with van der Waals surface area (Å²) in [5.74, 6) is 1.67. The van der Waals surface area contributed by atoms with Gasteiger partial charge in [0.25, 0.3) is 0 Å². The zero-order chi connectivity index (χ0) is 11.5. The van der Waals surface area contributed by atoms with Crippen LogP contribution >= 0.6 is 0 Å².